The number of hydrogen-bond acceptors (Lipinski definition) is 2. The van der Waals surface area contributed by atoms with E-state index in [1.807, 2.05) is 30.3 Å². The normalized spacial score (nSPS) is 20.5. The quantitative estimate of drug-likeness (QED) is 0.719. The number of benzene rings is 2. The molecule has 0 spiro atoms. The van der Waals surface area contributed by atoms with Crippen molar-refractivity contribution in [3.63, 3.8) is 0 Å². The molecule has 0 amide bonds. The molecule has 0 unspecified atom stereocenters. The second-order valence-electron chi connectivity index (χ2n) is 6.60. The van der Waals surface area contributed by atoms with Crippen LogP contribution < -0.4 is 5.32 Å². The topological polar surface area (TPSA) is 44.9 Å². The Labute approximate surface area is 139 Å². The summed E-state index contributed by atoms with van der Waals surface area (Å²) in [6.07, 6.45) is 3.14. The smallest absolute Gasteiger partial charge is 0.170 e. The van der Waals surface area contributed by atoms with Gasteiger partial charge in [-0.2, -0.15) is 0 Å². The molecule has 3 nitrogen and oxygen atoms in total. The molecule has 3 aromatic rings. The average Bonchev–Trinajstić information content (AvgIpc) is 3.25. The molecule has 4 heteroatoms. The lowest BCUT2D eigenvalue weighted by molar-refractivity contribution is 0.0815. The molecule has 122 valence electrons. The van der Waals surface area contributed by atoms with E-state index < -0.39 is 5.41 Å². The van der Waals surface area contributed by atoms with Crippen LogP contribution in [0.2, 0.25) is 0 Å². The first-order chi connectivity index (χ1) is 11.7. The van der Waals surface area contributed by atoms with Gasteiger partial charge in [-0.15, -0.1) is 0 Å². The number of H-pyrrole nitrogens is 1. The largest absolute Gasteiger partial charge is 0.359 e. The zero-order valence-electron chi connectivity index (χ0n) is 13.3. The first-order valence-electron chi connectivity index (χ1n) is 8.24. The molecule has 24 heavy (non-hydrogen) atoms. The van der Waals surface area contributed by atoms with E-state index in [0.717, 1.165) is 23.9 Å². The van der Waals surface area contributed by atoms with Crippen LogP contribution in [-0.4, -0.2) is 23.9 Å². The molecule has 2 heterocycles. The van der Waals surface area contributed by atoms with Gasteiger partial charge in [-0.05, 0) is 43.1 Å². The molecule has 0 bridgehead atoms. The standard InChI is InChI=1S/C20H19FN2O/c21-17-11-16(10-15-6-8-23-18(15)17)19(24)20(7-9-22-13-20)12-14-4-2-1-3-5-14/h1-6,8,10-11,22-23H,7,9,12-13H2/t20-/m0/s1. The lowest BCUT2D eigenvalue weighted by atomic mass is 9.74. The number of halogens is 1. The summed E-state index contributed by atoms with van der Waals surface area (Å²) in [5.74, 6) is -0.347. The van der Waals surface area contributed by atoms with Crippen molar-refractivity contribution in [2.45, 2.75) is 12.8 Å². The fourth-order valence-corrected chi connectivity index (χ4v) is 3.72. The highest BCUT2D eigenvalue weighted by atomic mass is 19.1. The van der Waals surface area contributed by atoms with E-state index in [2.05, 4.69) is 10.3 Å². The molecular formula is C20H19FN2O. The van der Waals surface area contributed by atoms with Gasteiger partial charge in [0.25, 0.3) is 0 Å². The summed E-state index contributed by atoms with van der Waals surface area (Å²) in [5, 5.41) is 4.05. The second-order valence-corrected chi connectivity index (χ2v) is 6.60. The zero-order valence-corrected chi connectivity index (χ0v) is 13.3. The Hall–Kier alpha value is -2.46. The molecule has 4 rings (SSSR count). The van der Waals surface area contributed by atoms with Crippen molar-refractivity contribution in [3.8, 4) is 0 Å². The molecule has 0 saturated carbocycles. The average molecular weight is 322 g/mol. The number of Topliss-reactive ketones (excluding diaryl/α,β-unsaturated/α-hetero) is 1. The maximum Gasteiger partial charge on any atom is 0.170 e. The van der Waals surface area contributed by atoms with Crippen LogP contribution in [-0.2, 0) is 6.42 Å². The monoisotopic (exact) mass is 322 g/mol. The second kappa shape index (κ2) is 5.87. The van der Waals surface area contributed by atoms with Crippen LogP contribution in [0.5, 0.6) is 0 Å². The van der Waals surface area contributed by atoms with Crippen molar-refractivity contribution < 1.29 is 9.18 Å². The third kappa shape index (κ3) is 2.53. The maximum atomic E-state index is 14.3. The summed E-state index contributed by atoms with van der Waals surface area (Å²) in [7, 11) is 0. The van der Waals surface area contributed by atoms with Crippen LogP contribution in [0.3, 0.4) is 0 Å². The third-order valence-electron chi connectivity index (χ3n) is 4.98. The van der Waals surface area contributed by atoms with Crippen LogP contribution in [0.1, 0.15) is 22.3 Å². The highest BCUT2D eigenvalue weighted by molar-refractivity contribution is 6.03. The van der Waals surface area contributed by atoms with Gasteiger partial charge in [0.15, 0.2) is 5.78 Å². The molecule has 2 N–H and O–H groups in total. The summed E-state index contributed by atoms with van der Waals surface area (Å²) in [6, 6.07) is 15.0. The summed E-state index contributed by atoms with van der Waals surface area (Å²) < 4.78 is 14.3. The minimum Gasteiger partial charge on any atom is -0.359 e. The van der Waals surface area contributed by atoms with E-state index in [-0.39, 0.29) is 11.6 Å². The lowest BCUT2D eigenvalue weighted by Gasteiger charge is -2.27. The number of nitrogens with one attached hydrogen (secondary N) is 2. The Morgan fingerprint density at radius 1 is 1.17 bits per heavy atom. The predicted octanol–water partition coefficient (Wildman–Crippen LogP) is 3.71. The van der Waals surface area contributed by atoms with Gasteiger partial charge in [-0.3, -0.25) is 4.79 Å². The van der Waals surface area contributed by atoms with E-state index in [1.165, 1.54) is 6.07 Å². The fourth-order valence-electron chi connectivity index (χ4n) is 3.72. The van der Waals surface area contributed by atoms with Gasteiger partial charge in [-0.1, -0.05) is 30.3 Å². The number of fused-ring (bicyclic) bond motifs is 1. The van der Waals surface area contributed by atoms with Crippen LogP contribution in [0.25, 0.3) is 10.9 Å². The Morgan fingerprint density at radius 3 is 2.75 bits per heavy atom. The van der Waals surface area contributed by atoms with Crippen molar-refractivity contribution in [1.29, 1.82) is 0 Å². The van der Waals surface area contributed by atoms with Crippen molar-refractivity contribution in [2.24, 2.45) is 5.41 Å². The van der Waals surface area contributed by atoms with Gasteiger partial charge in [0.1, 0.15) is 5.82 Å². The van der Waals surface area contributed by atoms with E-state index in [0.29, 0.717) is 24.0 Å². The predicted molar refractivity (Wildman–Crippen MR) is 92.7 cm³/mol. The highest BCUT2D eigenvalue weighted by Gasteiger charge is 2.41. The zero-order chi connectivity index (χ0) is 16.6. The van der Waals surface area contributed by atoms with Crippen molar-refractivity contribution in [2.75, 3.05) is 13.1 Å². The number of aromatic nitrogens is 1. The van der Waals surface area contributed by atoms with Crippen LogP contribution in [0.4, 0.5) is 4.39 Å². The van der Waals surface area contributed by atoms with Crippen molar-refractivity contribution in [3.05, 3.63) is 71.7 Å². The summed E-state index contributed by atoms with van der Waals surface area (Å²) in [6.45, 7) is 1.45. The van der Waals surface area contributed by atoms with E-state index >= 15 is 0 Å². The van der Waals surface area contributed by atoms with Gasteiger partial charge in [0, 0.05) is 23.7 Å². The molecule has 2 aromatic carbocycles. The fraction of sp³-hybridized carbons (Fsp3) is 0.250. The number of hydrogen-bond donors (Lipinski definition) is 2. The van der Waals surface area contributed by atoms with Crippen molar-refractivity contribution in [1.82, 2.24) is 10.3 Å². The SMILES string of the molecule is O=C(c1cc(F)c2[nH]ccc2c1)[C@]1(Cc2ccccc2)CCNC1. The highest BCUT2D eigenvalue weighted by Crippen LogP contribution is 2.35. The first kappa shape index (κ1) is 15.1. The van der Waals surface area contributed by atoms with Crippen LogP contribution >= 0.6 is 0 Å². The molecule has 1 aromatic heterocycles. The molecule has 1 fully saturated rings. The van der Waals surface area contributed by atoms with Gasteiger partial charge >= 0.3 is 0 Å². The lowest BCUT2D eigenvalue weighted by Crippen LogP contribution is -2.36. The van der Waals surface area contributed by atoms with Crippen LogP contribution in [0.15, 0.2) is 54.7 Å². The molecule has 1 atom stereocenters. The molecular weight excluding hydrogens is 303 g/mol. The van der Waals surface area contributed by atoms with Gasteiger partial charge < -0.3 is 10.3 Å². The number of rotatable bonds is 4. The Balaban J connectivity index is 1.73. The summed E-state index contributed by atoms with van der Waals surface area (Å²) >= 11 is 0. The molecule has 1 aliphatic rings. The molecule has 0 aliphatic carbocycles. The van der Waals surface area contributed by atoms with E-state index in [9.17, 15) is 9.18 Å². The molecule has 1 aliphatic heterocycles. The summed E-state index contributed by atoms with van der Waals surface area (Å²) in [4.78, 5) is 16.1. The van der Waals surface area contributed by atoms with E-state index in [4.69, 9.17) is 0 Å². The van der Waals surface area contributed by atoms with Gasteiger partial charge in [0.2, 0.25) is 0 Å². The van der Waals surface area contributed by atoms with Gasteiger partial charge in [0.05, 0.1) is 10.9 Å². The minimum atomic E-state index is -0.502. The molecule has 0 radical (unpaired) electrons. The molecule has 1 saturated heterocycles. The van der Waals surface area contributed by atoms with Crippen LogP contribution in [0, 0.1) is 11.2 Å². The Kier molecular flexibility index (Phi) is 3.69. The van der Waals surface area contributed by atoms with Gasteiger partial charge in [-0.25, -0.2) is 4.39 Å². The van der Waals surface area contributed by atoms with E-state index in [1.54, 1.807) is 18.3 Å². The minimum absolute atomic E-state index is 0.0263. The van der Waals surface area contributed by atoms with Crippen molar-refractivity contribution >= 4 is 16.7 Å². The number of carbonyl (C=O) groups is 1. The number of ketones is 1. The summed E-state index contributed by atoms with van der Waals surface area (Å²) in [5.41, 5.74) is 1.54. The Morgan fingerprint density at radius 2 is 2.00 bits per heavy atom. The third-order valence-corrected chi connectivity index (χ3v) is 4.98. The Bertz CT molecular complexity index is 879. The number of aromatic amines is 1. The number of carbonyl (C=O) groups excluding carboxylic acids is 1. The first-order valence-corrected chi connectivity index (χ1v) is 8.24. The maximum absolute atomic E-state index is 14.3.